The van der Waals surface area contributed by atoms with Gasteiger partial charge in [0.1, 0.15) is 0 Å². The molecule has 5 heteroatoms. The average Bonchev–Trinajstić information content (AvgIpc) is 2.73. The van der Waals surface area contributed by atoms with Crippen molar-refractivity contribution in [2.24, 2.45) is 0 Å². The number of piperidine rings is 1. The van der Waals surface area contributed by atoms with Crippen LogP contribution in [0.15, 0.2) is 6.20 Å². The highest BCUT2D eigenvalue weighted by atomic mass is 16.2. The van der Waals surface area contributed by atoms with E-state index in [9.17, 15) is 4.79 Å². The summed E-state index contributed by atoms with van der Waals surface area (Å²) in [6.45, 7) is 6.27. The van der Waals surface area contributed by atoms with E-state index in [0.29, 0.717) is 6.04 Å². The predicted molar refractivity (Wildman–Crippen MR) is 65.4 cm³/mol. The number of amides is 1. The standard InChI is InChI=1S/C12H20N4O/c1-9-11(8-14-15-9)7-13-12-3-5-16(6-4-12)10(2)17/h8,12-13H,3-7H2,1-2H3,(H,14,15). The molecule has 1 aliphatic rings. The zero-order valence-electron chi connectivity index (χ0n) is 10.5. The Kier molecular flexibility index (Phi) is 3.78. The predicted octanol–water partition coefficient (Wildman–Crippen LogP) is 0.819. The number of aromatic nitrogens is 2. The smallest absolute Gasteiger partial charge is 0.219 e. The van der Waals surface area contributed by atoms with Gasteiger partial charge < -0.3 is 10.2 Å². The molecule has 1 amide bonds. The van der Waals surface area contributed by atoms with E-state index in [1.807, 2.05) is 18.0 Å². The summed E-state index contributed by atoms with van der Waals surface area (Å²) in [4.78, 5) is 13.1. The first kappa shape index (κ1) is 12.1. The number of nitrogens with zero attached hydrogens (tertiary/aromatic N) is 2. The molecule has 1 saturated heterocycles. The number of aryl methyl sites for hydroxylation is 1. The molecule has 0 aromatic carbocycles. The fourth-order valence-corrected chi connectivity index (χ4v) is 2.21. The highest BCUT2D eigenvalue weighted by Crippen LogP contribution is 2.11. The molecule has 0 atom stereocenters. The Bertz CT molecular complexity index is 380. The monoisotopic (exact) mass is 236 g/mol. The molecule has 0 saturated carbocycles. The molecule has 2 rings (SSSR count). The molecule has 0 spiro atoms. The van der Waals surface area contributed by atoms with E-state index in [2.05, 4.69) is 15.5 Å². The average molecular weight is 236 g/mol. The van der Waals surface area contributed by atoms with Crippen molar-refractivity contribution in [3.05, 3.63) is 17.5 Å². The number of nitrogens with one attached hydrogen (secondary N) is 2. The van der Waals surface area contributed by atoms with Gasteiger partial charge in [-0.05, 0) is 19.8 Å². The number of likely N-dealkylation sites (tertiary alicyclic amines) is 1. The molecule has 0 aliphatic carbocycles. The first-order chi connectivity index (χ1) is 8.16. The number of carbonyl (C=O) groups is 1. The van der Waals surface area contributed by atoms with E-state index < -0.39 is 0 Å². The molecular weight excluding hydrogens is 216 g/mol. The van der Waals surface area contributed by atoms with Crippen molar-refractivity contribution in [2.75, 3.05) is 13.1 Å². The number of H-pyrrole nitrogens is 1. The van der Waals surface area contributed by atoms with Gasteiger partial charge in [-0.25, -0.2) is 0 Å². The van der Waals surface area contributed by atoms with Crippen LogP contribution in [0.2, 0.25) is 0 Å². The third-order valence-electron chi connectivity index (χ3n) is 3.46. The van der Waals surface area contributed by atoms with E-state index in [1.165, 1.54) is 5.56 Å². The Morgan fingerprint density at radius 1 is 1.59 bits per heavy atom. The van der Waals surface area contributed by atoms with E-state index in [1.54, 1.807) is 6.92 Å². The van der Waals surface area contributed by atoms with Crippen LogP contribution in [0.1, 0.15) is 31.0 Å². The van der Waals surface area contributed by atoms with E-state index in [-0.39, 0.29) is 5.91 Å². The lowest BCUT2D eigenvalue weighted by atomic mass is 10.0. The number of carbonyl (C=O) groups excluding carboxylic acids is 1. The highest BCUT2D eigenvalue weighted by molar-refractivity contribution is 5.73. The maximum absolute atomic E-state index is 11.2. The summed E-state index contributed by atoms with van der Waals surface area (Å²) >= 11 is 0. The third-order valence-corrected chi connectivity index (χ3v) is 3.46. The molecule has 0 bridgehead atoms. The van der Waals surface area contributed by atoms with Crippen molar-refractivity contribution in [3.8, 4) is 0 Å². The molecule has 1 aliphatic heterocycles. The van der Waals surface area contributed by atoms with E-state index >= 15 is 0 Å². The maximum atomic E-state index is 11.2. The lowest BCUT2D eigenvalue weighted by molar-refractivity contribution is -0.129. The van der Waals surface area contributed by atoms with Crippen LogP contribution in [-0.2, 0) is 11.3 Å². The zero-order valence-corrected chi connectivity index (χ0v) is 10.5. The lowest BCUT2D eigenvalue weighted by Gasteiger charge is -2.31. The summed E-state index contributed by atoms with van der Waals surface area (Å²) in [6, 6.07) is 0.514. The van der Waals surface area contributed by atoms with Crippen molar-refractivity contribution >= 4 is 5.91 Å². The Balaban J connectivity index is 1.75. The molecule has 5 nitrogen and oxygen atoms in total. The molecule has 2 heterocycles. The first-order valence-electron chi connectivity index (χ1n) is 6.14. The van der Waals surface area contributed by atoms with Crippen LogP contribution < -0.4 is 5.32 Å². The Morgan fingerprint density at radius 3 is 2.82 bits per heavy atom. The highest BCUT2D eigenvalue weighted by Gasteiger charge is 2.20. The summed E-state index contributed by atoms with van der Waals surface area (Å²) in [6.07, 6.45) is 3.94. The maximum Gasteiger partial charge on any atom is 0.219 e. The number of hydrogen-bond donors (Lipinski definition) is 2. The molecular formula is C12H20N4O. The normalized spacial score (nSPS) is 17.4. The van der Waals surface area contributed by atoms with E-state index in [4.69, 9.17) is 0 Å². The second-order valence-electron chi connectivity index (χ2n) is 4.68. The molecule has 1 aromatic rings. The SMILES string of the molecule is CC(=O)N1CCC(NCc2cn[nH]c2C)CC1. The fourth-order valence-electron chi connectivity index (χ4n) is 2.21. The van der Waals surface area contributed by atoms with Crippen LogP contribution in [0.25, 0.3) is 0 Å². The second-order valence-corrected chi connectivity index (χ2v) is 4.68. The van der Waals surface area contributed by atoms with Gasteiger partial charge in [-0.3, -0.25) is 9.89 Å². The molecule has 0 radical (unpaired) electrons. The Labute approximate surface area is 102 Å². The first-order valence-corrected chi connectivity index (χ1v) is 6.14. The number of aromatic amines is 1. The molecule has 94 valence electrons. The van der Waals surface area contributed by atoms with Gasteiger partial charge in [-0.15, -0.1) is 0 Å². The van der Waals surface area contributed by atoms with Gasteiger partial charge in [-0.1, -0.05) is 0 Å². The minimum atomic E-state index is 0.189. The molecule has 17 heavy (non-hydrogen) atoms. The van der Waals surface area contributed by atoms with Gasteiger partial charge in [-0.2, -0.15) is 5.10 Å². The van der Waals surface area contributed by atoms with Gasteiger partial charge in [0.05, 0.1) is 6.20 Å². The van der Waals surface area contributed by atoms with Crippen LogP contribution in [0.4, 0.5) is 0 Å². The van der Waals surface area contributed by atoms with Gasteiger partial charge >= 0.3 is 0 Å². The third kappa shape index (κ3) is 3.06. The topological polar surface area (TPSA) is 61.0 Å². The molecule has 1 fully saturated rings. The quantitative estimate of drug-likeness (QED) is 0.816. The fraction of sp³-hybridized carbons (Fsp3) is 0.667. The van der Waals surface area contributed by atoms with Gasteiger partial charge in [0.15, 0.2) is 0 Å². The number of rotatable bonds is 3. The van der Waals surface area contributed by atoms with Crippen molar-refractivity contribution in [1.82, 2.24) is 20.4 Å². The molecule has 0 unspecified atom stereocenters. The summed E-state index contributed by atoms with van der Waals surface area (Å²) in [5.74, 6) is 0.189. The summed E-state index contributed by atoms with van der Waals surface area (Å²) < 4.78 is 0. The van der Waals surface area contributed by atoms with Crippen molar-refractivity contribution < 1.29 is 4.79 Å². The van der Waals surface area contributed by atoms with Crippen LogP contribution in [0.3, 0.4) is 0 Å². The van der Waals surface area contributed by atoms with E-state index in [0.717, 1.165) is 38.2 Å². The summed E-state index contributed by atoms with van der Waals surface area (Å²) in [5.41, 5.74) is 2.35. The lowest BCUT2D eigenvalue weighted by Crippen LogP contribution is -2.43. The van der Waals surface area contributed by atoms with Crippen LogP contribution in [0, 0.1) is 6.92 Å². The van der Waals surface area contributed by atoms with Gasteiger partial charge in [0.2, 0.25) is 5.91 Å². The second kappa shape index (κ2) is 5.31. The molecule has 2 N–H and O–H groups in total. The van der Waals surface area contributed by atoms with Crippen LogP contribution in [0.5, 0.6) is 0 Å². The summed E-state index contributed by atoms with van der Waals surface area (Å²) in [5, 5.41) is 10.5. The minimum absolute atomic E-state index is 0.189. The minimum Gasteiger partial charge on any atom is -0.343 e. The Morgan fingerprint density at radius 2 is 2.29 bits per heavy atom. The van der Waals surface area contributed by atoms with Crippen LogP contribution in [-0.4, -0.2) is 40.1 Å². The molecule has 1 aromatic heterocycles. The largest absolute Gasteiger partial charge is 0.343 e. The van der Waals surface area contributed by atoms with Crippen molar-refractivity contribution in [2.45, 2.75) is 39.3 Å². The van der Waals surface area contributed by atoms with Crippen molar-refractivity contribution in [1.29, 1.82) is 0 Å². The van der Waals surface area contributed by atoms with Gasteiger partial charge in [0, 0.05) is 43.9 Å². The van der Waals surface area contributed by atoms with Crippen LogP contribution >= 0.6 is 0 Å². The zero-order chi connectivity index (χ0) is 12.3. The van der Waals surface area contributed by atoms with Crippen molar-refractivity contribution in [3.63, 3.8) is 0 Å². The van der Waals surface area contributed by atoms with Gasteiger partial charge in [0.25, 0.3) is 0 Å². The number of hydrogen-bond acceptors (Lipinski definition) is 3. The summed E-state index contributed by atoms with van der Waals surface area (Å²) in [7, 11) is 0. The Hall–Kier alpha value is -1.36.